The van der Waals surface area contributed by atoms with E-state index in [1.807, 2.05) is 6.92 Å². The van der Waals surface area contributed by atoms with E-state index in [9.17, 15) is 19.1 Å². The number of carboxylic acids is 1. The number of carboxylic acid groups (broad SMARTS) is 1. The molecular weight excluding hydrogens is 313 g/mol. The third kappa shape index (κ3) is 3.02. The second-order valence-electron chi connectivity index (χ2n) is 6.08. The topological polar surface area (TPSA) is 75.4 Å². The van der Waals surface area contributed by atoms with Gasteiger partial charge in [-0.15, -0.1) is 0 Å². The smallest absolute Gasteiger partial charge is 0.326 e. The van der Waals surface area contributed by atoms with Crippen molar-refractivity contribution in [3.05, 3.63) is 48.0 Å². The van der Waals surface area contributed by atoms with Gasteiger partial charge in [-0.05, 0) is 37.0 Å². The second kappa shape index (κ2) is 6.43. The lowest BCUT2D eigenvalue weighted by molar-refractivity contribution is -0.144. The van der Waals surface area contributed by atoms with Gasteiger partial charge in [0.2, 0.25) is 0 Å². The van der Waals surface area contributed by atoms with Crippen molar-refractivity contribution in [3.8, 4) is 5.69 Å². The molecule has 2 atom stereocenters. The summed E-state index contributed by atoms with van der Waals surface area (Å²) in [6.45, 7) is 2.36. The Labute approximate surface area is 138 Å². The SMILES string of the molecule is CC1CCN(C(=O)c2ccn(-c3ccccc3F)n2)C(C(=O)O)C1. The summed E-state index contributed by atoms with van der Waals surface area (Å²) in [7, 11) is 0. The van der Waals surface area contributed by atoms with Crippen LogP contribution in [-0.2, 0) is 4.79 Å². The first kappa shape index (κ1) is 16.2. The molecule has 0 radical (unpaired) electrons. The number of piperidine rings is 1. The number of hydrogen-bond donors (Lipinski definition) is 1. The Kier molecular flexibility index (Phi) is 4.33. The lowest BCUT2D eigenvalue weighted by atomic mass is 9.92. The average Bonchev–Trinajstić information content (AvgIpc) is 3.04. The van der Waals surface area contributed by atoms with Gasteiger partial charge in [-0.1, -0.05) is 19.1 Å². The molecule has 7 heteroatoms. The van der Waals surface area contributed by atoms with Crippen LogP contribution in [0.5, 0.6) is 0 Å². The van der Waals surface area contributed by atoms with Gasteiger partial charge in [0.25, 0.3) is 5.91 Å². The average molecular weight is 331 g/mol. The number of halogens is 1. The van der Waals surface area contributed by atoms with E-state index in [2.05, 4.69) is 5.10 Å². The van der Waals surface area contributed by atoms with Gasteiger partial charge in [0.1, 0.15) is 17.5 Å². The number of carbonyl (C=O) groups is 2. The lowest BCUT2D eigenvalue weighted by Gasteiger charge is -2.35. The van der Waals surface area contributed by atoms with Gasteiger partial charge in [-0.25, -0.2) is 13.9 Å². The largest absolute Gasteiger partial charge is 0.480 e. The van der Waals surface area contributed by atoms with Gasteiger partial charge in [0.15, 0.2) is 5.69 Å². The number of aromatic nitrogens is 2. The predicted octanol–water partition coefficient (Wildman–Crippen LogP) is 2.34. The number of para-hydroxylation sites is 1. The Morgan fingerprint density at radius 1 is 1.29 bits per heavy atom. The summed E-state index contributed by atoms with van der Waals surface area (Å²) in [4.78, 5) is 25.4. The molecule has 1 aliphatic heterocycles. The van der Waals surface area contributed by atoms with Crippen LogP contribution in [0.3, 0.4) is 0 Å². The molecule has 1 aromatic heterocycles. The molecule has 0 saturated carbocycles. The predicted molar refractivity (Wildman–Crippen MR) is 84.4 cm³/mol. The molecule has 0 bridgehead atoms. The molecule has 0 aliphatic carbocycles. The highest BCUT2D eigenvalue weighted by molar-refractivity contribution is 5.95. The van der Waals surface area contributed by atoms with Crippen molar-refractivity contribution in [2.45, 2.75) is 25.8 Å². The van der Waals surface area contributed by atoms with Gasteiger partial charge in [0, 0.05) is 12.7 Å². The van der Waals surface area contributed by atoms with Crippen LogP contribution in [0, 0.1) is 11.7 Å². The second-order valence-corrected chi connectivity index (χ2v) is 6.08. The quantitative estimate of drug-likeness (QED) is 0.937. The van der Waals surface area contributed by atoms with Crippen LogP contribution in [0.1, 0.15) is 30.3 Å². The zero-order valence-corrected chi connectivity index (χ0v) is 13.2. The standard InChI is InChI=1S/C17H18FN3O3/c1-11-6-8-20(15(10-11)17(23)24)16(22)13-7-9-21(19-13)14-5-3-2-4-12(14)18/h2-5,7,9,11,15H,6,8,10H2,1H3,(H,23,24). The number of rotatable bonds is 3. The van der Waals surface area contributed by atoms with E-state index < -0.39 is 23.7 Å². The molecule has 1 fully saturated rings. The van der Waals surface area contributed by atoms with Crippen molar-refractivity contribution in [1.29, 1.82) is 0 Å². The van der Waals surface area contributed by atoms with Crippen LogP contribution >= 0.6 is 0 Å². The van der Waals surface area contributed by atoms with E-state index in [0.717, 1.165) is 6.42 Å². The fourth-order valence-electron chi connectivity index (χ4n) is 2.98. The summed E-state index contributed by atoms with van der Waals surface area (Å²) in [6, 6.07) is 6.74. The third-order valence-corrected chi connectivity index (χ3v) is 4.32. The molecule has 3 rings (SSSR count). The number of aliphatic carboxylic acids is 1. The van der Waals surface area contributed by atoms with E-state index in [0.29, 0.717) is 13.0 Å². The first-order chi connectivity index (χ1) is 11.5. The maximum absolute atomic E-state index is 13.8. The van der Waals surface area contributed by atoms with Gasteiger partial charge in [-0.2, -0.15) is 5.10 Å². The molecule has 2 aromatic rings. The summed E-state index contributed by atoms with van der Waals surface area (Å²) in [5, 5.41) is 13.5. The number of hydrogen-bond acceptors (Lipinski definition) is 3. The fourth-order valence-corrected chi connectivity index (χ4v) is 2.98. The van der Waals surface area contributed by atoms with Crippen LogP contribution < -0.4 is 0 Å². The normalized spacial score (nSPS) is 20.8. The first-order valence-corrected chi connectivity index (χ1v) is 7.81. The minimum absolute atomic E-state index is 0.110. The van der Waals surface area contributed by atoms with E-state index in [1.165, 1.54) is 27.9 Å². The highest BCUT2D eigenvalue weighted by Crippen LogP contribution is 2.24. The molecule has 1 N–H and O–H groups in total. The molecule has 1 saturated heterocycles. The van der Waals surface area contributed by atoms with Crippen molar-refractivity contribution < 1.29 is 19.1 Å². The van der Waals surface area contributed by atoms with Gasteiger partial charge in [-0.3, -0.25) is 4.79 Å². The summed E-state index contributed by atoms with van der Waals surface area (Å²) < 4.78 is 15.1. The number of benzene rings is 1. The van der Waals surface area contributed by atoms with Crippen LogP contribution in [0.4, 0.5) is 4.39 Å². The summed E-state index contributed by atoms with van der Waals surface area (Å²) >= 11 is 0. The molecule has 1 aliphatic rings. The van der Waals surface area contributed by atoms with E-state index in [4.69, 9.17) is 0 Å². The molecule has 1 aromatic carbocycles. The van der Waals surface area contributed by atoms with Crippen molar-refractivity contribution in [3.63, 3.8) is 0 Å². The molecule has 0 spiro atoms. The Balaban J connectivity index is 1.85. The highest BCUT2D eigenvalue weighted by Gasteiger charge is 2.35. The van der Waals surface area contributed by atoms with Crippen LogP contribution in [0.15, 0.2) is 36.5 Å². The zero-order chi connectivity index (χ0) is 17.3. The maximum atomic E-state index is 13.8. The van der Waals surface area contributed by atoms with Crippen LogP contribution in [0.25, 0.3) is 5.69 Å². The molecule has 6 nitrogen and oxygen atoms in total. The van der Waals surface area contributed by atoms with E-state index in [-0.39, 0.29) is 17.3 Å². The maximum Gasteiger partial charge on any atom is 0.326 e. The van der Waals surface area contributed by atoms with Crippen molar-refractivity contribution in [2.75, 3.05) is 6.54 Å². The van der Waals surface area contributed by atoms with E-state index >= 15 is 0 Å². The van der Waals surface area contributed by atoms with Crippen LogP contribution in [-0.4, -0.2) is 44.3 Å². The third-order valence-electron chi connectivity index (χ3n) is 4.32. The monoisotopic (exact) mass is 331 g/mol. The molecule has 2 unspecified atom stereocenters. The van der Waals surface area contributed by atoms with Gasteiger partial charge < -0.3 is 10.0 Å². The van der Waals surface area contributed by atoms with Gasteiger partial charge in [0.05, 0.1) is 0 Å². The molecule has 24 heavy (non-hydrogen) atoms. The number of amides is 1. The number of carbonyl (C=O) groups excluding carboxylic acids is 1. The Hall–Kier alpha value is -2.70. The molecular formula is C17H18FN3O3. The molecule has 2 heterocycles. The van der Waals surface area contributed by atoms with Crippen molar-refractivity contribution in [1.82, 2.24) is 14.7 Å². The highest BCUT2D eigenvalue weighted by atomic mass is 19.1. The Morgan fingerprint density at radius 3 is 2.75 bits per heavy atom. The molecule has 1 amide bonds. The Bertz CT molecular complexity index is 774. The lowest BCUT2D eigenvalue weighted by Crippen LogP contribution is -2.49. The minimum atomic E-state index is -1.01. The fraction of sp³-hybridized carbons (Fsp3) is 0.353. The van der Waals surface area contributed by atoms with Crippen LogP contribution in [0.2, 0.25) is 0 Å². The minimum Gasteiger partial charge on any atom is -0.480 e. The summed E-state index contributed by atoms with van der Waals surface area (Å²) in [5.74, 6) is -1.64. The van der Waals surface area contributed by atoms with Gasteiger partial charge >= 0.3 is 5.97 Å². The number of likely N-dealkylation sites (tertiary alicyclic amines) is 1. The zero-order valence-electron chi connectivity index (χ0n) is 13.2. The summed E-state index contributed by atoms with van der Waals surface area (Å²) in [5.41, 5.74) is 0.345. The Morgan fingerprint density at radius 2 is 2.04 bits per heavy atom. The molecule has 126 valence electrons. The van der Waals surface area contributed by atoms with Crippen molar-refractivity contribution in [2.24, 2.45) is 5.92 Å². The summed E-state index contributed by atoms with van der Waals surface area (Å²) in [6.07, 6.45) is 2.67. The van der Waals surface area contributed by atoms with Crippen molar-refractivity contribution >= 4 is 11.9 Å². The first-order valence-electron chi connectivity index (χ1n) is 7.81. The van der Waals surface area contributed by atoms with E-state index in [1.54, 1.807) is 18.2 Å². The number of nitrogens with zero attached hydrogens (tertiary/aromatic N) is 3.